The number of halogens is 1. The number of carbonyl (C=O) groups is 1. The van der Waals surface area contributed by atoms with Crippen molar-refractivity contribution < 1.29 is 13.9 Å². The Morgan fingerprint density at radius 1 is 1.60 bits per heavy atom. The van der Waals surface area contributed by atoms with Gasteiger partial charge in [0.05, 0.1) is 12.1 Å². The van der Waals surface area contributed by atoms with Gasteiger partial charge >= 0.3 is 0 Å². The highest BCUT2D eigenvalue weighted by Crippen LogP contribution is 2.37. The van der Waals surface area contributed by atoms with E-state index in [0.29, 0.717) is 25.0 Å². The van der Waals surface area contributed by atoms with Gasteiger partial charge in [0.1, 0.15) is 0 Å². The molecule has 1 aliphatic rings. The fraction of sp³-hybridized carbons (Fsp3) is 0.364. The summed E-state index contributed by atoms with van der Waals surface area (Å²) >= 11 is 0. The van der Waals surface area contributed by atoms with Crippen LogP contribution in [0.5, 0.6) is 5.75 Å². The number of benzene rings is 1. The van der Waals surface area contributed by atoms with Gasteiger partial charge < -0.3 is 10.1 Å². The Kier molecular flexibility index (Phi) is 2.34. The van der Waals surface area contributed by atoms with Crippen LogP contribution in [0.2, 0.25) is 0 Å². The number of amides is 1. The van der Waals surface area contributed by atoms with Crippen molar-refractivity contribution in [2.45, 2.75) is 18.9 Å². The zero-order valence-electron chi connectivity index (χ0n) is 8.42. The topological polar surface area (TPSA) is 38.3 Å². The summed E-state index contributed by atoms with van der Waals surface area (Å²) < 4.78 is 18.7. The average Bonchev–Trinajstić information content (AvgIpc) is 2.20. The van der Waals surface area contributed by atoms with Crippen molar-refractivity contribution in [3.63, 3.8) is 0 Å². The van der Waals surface area contributed by atoms with Gasteiger partial charge in [-0.05, 0) is 13.0 Å². The predicted octanol–water partition coefficient (Wildman–Crippen LogP) is 1.57. The first kappa shape index (κ1) is 9.96. The number of nitrogens with one attached hydrogen (secondary N) is 1. The van der Waals surface area contributed by atoms with E-state index in [1.165, 1.54) is 6.07 Å². The first-order valence-electron chi connectivity index (χ1n) is 4.80. The first-order valence-corrected chi connectivity index (χ1v) is 4.80. The van der Waals surface area contributed by atoms with E-state index in [4.69, 9.17) is 4.74 Å². The van der Waals surface area contributed by atoms with Crippen molar-refractivity contribution in [1.29, 1.82) is 0 Å². The fourth-order valence-electron chi connectivity index (χ4n) is 1.86. The van der Waals surface area contributed by atoms with Crippen LogP contribution in [0.4, 0.5) is 4.39 Å². The number of hydrogen-bond donors (Lipinski definition) is 1. The summed E-state index contributed by atoms with van der Waals surface area (Å²) in [5.74, 6) is -0.133. The molecule has 0 aliphatic carbocycles. The van der Waals surface area contributed by atoms with Crippen LogP contribution in [0.3, 0.4) is 0 Å². The Bertz CT molecular complexity index is 394. The van der Waals surface area contributed by atoms with Gasteiger partial charge in [-0.15, -0.1) is 0 Å². The van der Waals surface area contributed by atoms with E-state index in [0.717, 1.165) is 0 Å². The molecular formula is C11H12FNO2. The Hall–Kier alpha value is -1.58. The van der Waals surface area contributed by atoms with Gasteiger partial charge in [0.15, 0.2) is 11.6 Å². The summed E-state index contributed by atoms with van der Waals surface area (Å²) in [6.07, 6.45) is 1.28. The van der Waals surface area contributed by atoms with Gasteiger partial charge in [0.2, 0.25) is 6.41 Å². The maximum absolute atomic E-state index is 13.4. The highest BCUT2D eigenvalue weighted by Gasteiger charge is 2.34. The monoisotopic (exact) mass is 209 g/mol. The van der Waals surface area contributed by atoms with Crippen LogP contribution in [0.1, 0.15) is 18.9 Å². The zero-order valence-corrected chi connectivity index (χ0v) is 8.42. The third-order valence-electron chi connectivity index (χ3n) is 2.79. The molecular weight excluding hydrogens is 197 g/mol. The van der Waals surface area contributed by atoms with E-state index < -0.39 is 5.54 Å². The second-order valence-electron chi connectivity index (χ2n) is 3.81. The van der Waals surface area contributed by atoms with Gasteiger partial charge in [-0.25, -0.2) is 4.39 Å². The van der Waals surface area contributed by atoms with Gasteiger partial charge in [0, 0.05) is 12.0 Å². The summed E-state index contributed by atoms with van der Waals surface area (Å²) in [5.41, 5.74) is 0.165. The molecule has 0 radical (unpaired) electrons. The number of fused-ring (bicyclic) bond motifs is 1. The second-order valence-corrected chi connectivity index (χ2v) is 3.81. The van der Waals surface area contributed by atoms with Gasteiger partial charge in [-0.1, -0.05) is 12.1 Å². The SMILES string of the molecule is CC1(NC=O)CCOc2c(F)cccc21. The van der Waals surface area contributed by atoms with Crippen molar-refractivity contribution in [2.24, 2.45) is 0 Å². The standard InChI is InChI=1S/C11H12FNO2/c1-11(13-7-14)5-6-15-10-8(11)3-2-4-9(10)12/h2-4,7H,5-6H2,1H3,(H,13,14). The number of para-hydroxylation sites is 1. The van der Waals surface area contributed by atoms with Crippen LogP contribution < -0.4 is 10.1 Å². The minimum absolute atomic E-state index is 0.251. The molecule has 0 saturated carbocycles. The first-order chi connectivity index (χ1) is 7.17. The quantitative estimate of drug-likeness (QED) is 0.751. The highest BCUT2D eigenvalue weighted by molar-refractivity contribution is 5.52. The lowest BCUT2D eigenvalue weighted by Gasteiger charge is -2.35. The minimum atomic E-state index is -0.530. The van der Waals surface area contributed by atoms with E-state index in [1.54, 1.807) is 12.1 Å². The summed E-state index contributed by atoms with van der Waals surface area (Å²) in [6.45, 7) is 2.27. The summed E-state index contributed by atoms with van der Waals surface area (Å²) in [7, 11) is 0. The van der Waals surface area contributed by atoms with E-state index in [-0.39, 0.29) is 11.6 Å². The maximum atomic E-state index is 13.4. The zero-order chi connectivity index (χ0) is 10.9. The molecule has 4 heteroatoms. The fourth-order valence-corrected chi connectivity index (χ4v) is 1.86. The van der Waals surface area contributed by atoms with E-state index in [9.17, 15) is 9.18 Å². The van der Waals surface area contributed by atoms with Crippen molar-refractivity contribution in [3.05, 3.63) is 29.6 Å². The molecule has 1 heterocycles. The number of carbonyl (C=O) groups excluding carboxylic acids is 1. The smallest absolute Gasteiger partial charge is 0.207 e. The summed E-state index contributed by atoms with van der Waals surface area (Å²) in [6, 6.07) is 4.74. The maximum Gasteiger partial charge on any atom is 0.207 e. The van der Waals surface area contributed by atoms with Gasteiger partial charge in [-0.3, -0.25) is 4.79 Å². The normalized spacial score (nSPS) is 23.9. The van der Waals surface area contributed by atoms with Crippen LogP contribution in [-0.2, 0) is 10.3 Å². The summed E-state index contributed by atoms with van der Waals surface area (Å²) in [4.78, 5) is 10.5. The highest BCUT2D eigenvalue weighted by atomic mass is 19.1. The Morgan fingerprint density at radius 2 is 2.40 bits per heavy atom. The molecule has 0 bridgehead atoms. The van der Waals surface area contributed by atoms with E-state index >= 15 is 0 Å². The molecule has 0 spiro atoms. The molecule has 0 aromatic heterocycles. The molecule has 1 N–H and O–H groups in total. The molecule has 1 atom stereocenters. The molecule has 1 aromatic rings. The number of hydrogen-bond acceptors (Lipinski definition) is 2. The largest absolute Gasteiger partial charge is 0.490 e. The minimum Gasteiger partial charge on any atom is -0.490 e. The molecule has 1 unspecified atom stereocenters. The molecule has 1 aromatic carbocycles. The van der Waals surface area contributed by atoms with E-state index in [1.807, 2.05) is 6.92 Å². The molecule has 0 fully saturated rings. The molecule has 15 heavy (non-hydrogen) atoms. The van der Waals surface area contributed by atoms with Crippen molar-refractivity contribution in [3.8, 4) is 5.75 Å². The number of rotatable bonds is 2. The van der Waals surface area contributed by atoms with E-state index in [2.05, 4.69) is 5.32 Å². The van der Waals surface area contributed by atoms with Crippen LogP contribution in [-0.4, -0.2) is 13.0 Å². The molecule has 3 nitrogen and oxygen atoms in total. The lowest BCUT2D eigenvalue weighted by molar-refractivity contribution is -0.111. The molecule has 2 rings (SSSR count). The van der Waals surface area contributed by atoms with Crippen LogP contribution in [0.25, 0.3) is 0 Å². The molecule has 1 amide bonds. The Balaban J connectivity index is 2.51. The average molecular weight is 209 g/mol. The predicted molar refractivity (Wildman–Crippen MR) is 53.1 cm³/mol. The molecule has 0 saturated heterocycles. The third-order valence-corrected chi connectivity index (χ3v) is 2.79. The van der Waals surface area contributed by atoms with Crippen molar-refractivity contribution >= 4 is 6.41 Å². The lowest BCUT2D eigenvalue weighted by Crippen LogP contribution is -2.42. The second kappa shape index (κ2) is 3.53. The molecule has 80 valence electrons. The van der Waals surface area contributed by atoms with Crippen LogP contribution in [0, 0.1) is 5.82 Å². The van der Waals surface area contributed by atoms with Gasteiger partial charge in [0.25, 0.3) is 0 Å². The third kappa shape index (κ3) is 1.56. The van der Waals surface area contributed by atoms with Gasteiger partial charge in [-0.2, -0.15) is 0 Å². The Labute approximate surface area is 87.2 Å². The van der Waals surface area contributed by atoms with Crippen LogP contribution >= 0.6 is 0 Å². The van der Waals surface area contributed by atoms with Crippen molar-refractivity contribution in [1.82, 2.24) is 5.32 Å². The number of ether oxygens (including phenoxy) is 1. The lowest BCUT2D eigenvalue weighted by atomic mass is 9.86. The van der Waals surface area contributed by atoms with Crippen LogP contribution in [0.15, 0.2) is 18.2 Å². The Morgan fingerprint density at radius 3 is 3.13 bits per heavy atom. The van der Waals surface area contributed by atoms with Crippen molar-refractivity contribution in [2.75, 3.05) is 6.61 Å². The summed E-state index contributed by atoms with van der Waals surface area (Å²) in [5, 5.41) is 2.72. The molecule has 1 aliphatic heterocycles.